The normalized spacial score (nSPS) is 10.7. The fraction of sp³-hybridized carbons (Fsp3) is 0.0526. The molecule has 0 unspecified atom stereocenters. The van der Waals surface area contributed by atoms with Gasteiger partial charge in [0.15, 0.2) is 5.65 Å². The molecule has 1 amide bonds. The Balaban J connectivity index is 1.64. The van der Waals surface area contributed by atoms with Gasteiger partial charge in [0.2, 0.25) is 0 Å². The van der Waals surface area contributed by atoms with E-state index in [1.807, 2.05) is 54.6 Å². The Morgan fingerprint density at radius 3 is 2.60 bits per heavy atom. The van der Waals surface area contributed by atoms with Crippen molar-refractivity contribution in [2.75, 3.05) is 0 Å². The van der Waals surface area contributed by atoms with Crippen LogP contribution in [-0.2, 0) is 6.54 Å². The summed E-state index contributed by atoms with van der Waals surface area (Å²) in [5.41, 5.74) is 3.66. The second kappa shape index (κ2) is 6.52. The number of carbonyl (C=O) groups excluding carboxylic acids is 1. The molecular formula is C19H15N5O. The molecule has 122 valence electrons. The third kappa shape index (κ3) is 2.97. The summed E-state index contributed by atoms with van der Waals surface area (Å²) < 4.78 is 1.69. The molecule has 0 saturated heterocycles. The number of nitrogens with zero attached hydrogens (tertiary/aromatic N) is 4. The van der Waals surface area contributed by atoms with Gasteiger partial charge in [-0.2, -0.15) is 5.10 Å². The van der Waals surface area contributed by atoms with Crippen molar-refractivity contribution < 1.29 is 4.79 Å². The smallest absolute Gasteiger partial charge is 0.257 e. The summed E-state index contributed by atoms with van der Waals surface area (Å²) in [6.45, 7) is 0.357. The maximum Gasteiger partial charge on any atom is 0.257 e. The first-order valence-corrected chi connectivity index (χ1v) is 7.89. The van der Waals surface area contributed by atoms with Crippen molar-refractivity contribution in [1.82, 2.24) is 24.9 Å². The fourth-order valence-electron chi connectivity index (χ4n) is 2.65. The molecule has 6 nitrogen and oxygen atoms in total. The Bertz CT molecular complexity index is 1010. The first-order chi connectivity index (χ1) is 12.3. The van der Waals surface area contributed by atoms with E-state index in [1.54, 1.807) is 23.1 Å². The summed E-state index contributed by atoms with van der Waals surface area (Å²) in [4.78, 5) is 21.0. The van der Waals surface area contributed by atoms with Gasteiger partial charge in [-0.15, -0.1) is 0 Å². The van der Waals surface area contributed by atoms with Crippen LogP contribution in [0.3, 0.4) is 0 Å². The van der Waals surface area contributed by atoms with Crippen molar-refractivity contribution in [3.8, 4) is 11.3 Å². The van der Waals surface area contributed by atoms with Gasteiger partial charge in [0.1, 0.15) is 5.56 Å². The zero-order chi connectivity index (χ0) is 17.1. The van der Waals surface area contributed by atoms with Gasteiger partial charge in [0, 0.05) is 18.0 Å². The predicted octanol–water partition coefficient (Wildman–Crippen LogP) is 2.72. The van der Waals surface area contributed by atoms with E-state index in [0.717, 1.165) is 17.0 Å². The van der Waals surface area contributed by atoms with Crippen molar-refractivity contribution in [2.45, 2.75) is 6.54 Å². The van der Waals surface area contributed by atoms with E-state index in [0.29, 0.717) is 17.8 Å². The topological polar surface area (TPSA) is 72.2 Å². The average molecular weight is 329 g/mol. The van der Waals surface area contributed by atoms with Gasteiger partial charge in [-0.05, 0) is 18.2 Å². The summed E-state index contributed by atoms with van der Waals surface area (Å²) in [7, 11) is 0. The van der Waals surface area contributed by atoms with Gasteiger partial charge in [0.05, 0.1) is 24.1 Å². The fourth-order valence-corrected chi connectivity index (χ4v) is 2.65. The summed E-state index contributed by atoms with van der Waals surface area (Å²) in [6.07, 6.45) is 4.93. The van der Waals surface area contributed by atoms with Crippen LogP contribution in [-0.4, -0.2) is 25.5 Å². The second-order valence-electron chi connectivity index (χ2n) is 5.49. The van der Waals surface area contributed by atoms with Gasteiger partial charge in [-0.25, -0.2) is 9.50 Å². The van der Waals surface area contributed by atoms with Crippen LogP contribution in [0.2, 0.25) is 0 Å². The van der Waals surface area contributed by atoms with E-state index in [9.17, 15) is 4.79 Å². The number of rotatable bonds is 4. The molecule has 0 aliphatic carbocycles. The van der Waals surface area contributed by atoms with Crippen molar-refractivity contribution in [2.24, 2.45) is 0 Å². The third-order valence-corrected chi connectivity index (χ3v) is 3.87. The van der Waals surface area contributed by atoms with Gasteiger partial charge in [-0.3, -0.25) is 9.78 Å². The lowest BCUT2D eigenvalue weighted by Crippen LogP contribution is -2.23. The third-order valence-electron chi connectivity index (χ3n) is 3.87. The molecule has 0 bridgehead atoms. The highest BCUT2D eigenvalue weighted by Crippen LogP contribution is 2.20. The van der Waals surface area contributed by atoms with Crippen LogP contribution in [0.4, 0.5) is 0 Å². The van der Waals surface area contributed by atoms with Crippen LogP contribution < -0.4 is 5.32 Å². The number of nitrogens with one attached hydrogen (secondary N) is 1. The zero-order valence-electron chi connectivity index (χ0n) is 13.3. The van der Waals surface area contributed by atoms with Gasteiger partial charge in [-0.1, -0.05) is 36.4 Å². The van der Waals surface area contributed by atoms with Crippen molar-refractivity contribution >= 4 is 11.6 Å². The maximum atomic E-state index is 12.5. The highest BCUT2D eigenvalue weighted by molar-refractivity contribution is 5.99. The quantitative estimate of drug-likeness (QED) is 0.625. The summed E-state index contributed by atoms with van der Waals surface area (Å²) in [6, 6.07) is 17.4. The number of hydrogen-bond donors (Lipinski definition) is 1. The van der Waals surface area contributed by atoms with Crippen molar-refractivity contribution in [3.05, 3.63) is 84.4 Å². The predicted molar refractivity (Wildman–Crippen MR) is 93.8 cm³/mol. The average Bonchev–Trinajstić information content (AvgIpc) is 3.12. The lowest BCUT2D eigenvalue weighted by Gasteiger charge is -2.05. The number of hydrogen-bond acceptors (Lipinski definition) is 4. The molecule has 3 heterocycles. The molecule has 1 aromatic carbocycles. The number of fused-ring (bicyclic) bond motifs is 1. The Labute approximate surface area is 144 Å². The van der Waals surface area contributed by atoms with E-state index in [-0.39, 0.29) is 5.91 Å². The zero-order valence-corrected chi connectivity index (χ0v) is 13.3. The molecule has 6 heteroatoms. The number of carbonyl (C=O) groups is 1. The van der Waals surface area contributed by atoms with Gasteiger partial charge < -0.3 is 5.32 Å². The van der Waals surface area contributed by atoms with E-state index < -0.39 is 0 Å². The van der Waals surface area contributed by atoms with Gasteiger partial charge in [0.25, 0.3) is 5.91 Å². The summed E-state index contributed by atoms with van der Waals surface area (Å²) in [5.74, 6) is -0.224. The summed E-state index contributed by atoms with van der Waals surface area (Å²) in [5, 5.41) is 7.21. The second-order valence-corrected chi connectivity index (χ2v) is 5.49. The van der Waals surface area contributed by atoms with E-state index >= 15 is 0 Å². The SMILES string of the molecule is O=C(NCc1ccccn1)c1cnn2c(-c3ccccc3)ccnc12. The Kier molecular flexibility index (Phi) is 3.92. The standard InChI is InChI=1S/C19H15N5O/c25-19(22-12-15-8-4-5-10-20-15)16-13-23-24-17(9-11-21-18(16)24)14-6-2-1-3-7-14/h1-11,13H,12H2,(H,22,25). The lowest BCUT2D eigenvalue weighted by atomic mass is 10.1. The minimum absolute atomic E-state index is 0.224. The molecule has 4 aromatic rings. The largest absolute Gasteiger partial charge is 0.346 e. The van der Waals surface area contributed by atoms with Crippen LogP contribution in [0.15, 0.2) is 73.2 Å². The molecule has 25 heavy (non-hydrogen) atoms. The monoisotopic (exact) mass is 329 g/mol. The van der Waals surface area contributed by atoms with Crippen LogP contribution in [0.25, 0.3) is 16.9 Å². The molecule has 0 aliphatic heterocycles. The highest BCUT2D eigenvalue weighted by Gasteiger charge is 2.16. The number of amides is 1. The summed E-state index contributed by atoms with van der Waals surface area (Å²) >= 11 is 0. The van der Waals surface area contributed by atoms with Gasteiger partial charge >= 0.3 is 0 Å². The minimum Gasteiger partial charge on any atom is -0.346 e. The molecular weight excluding hydrogens is 314 g/mol. The van der Waals surface area contributed by atoms with Crippen LogP contribution in [0.5, 0.6) is 0 Å². The molecule has 0 saturated carbocycles. The van der Waals surface area contributed by atoms with Crippen molar-refractivity contribution in [1.29, 1.82) is 0 Å². The van der Waals surface area contributed by atoms with Crippen molar-refractivity contribution in [3.63, 3.8) is 0 Å². The molecule has 0 spiro atoms. The molecule has 0 atom stereocenters. The van der Waals surface area contributed by atoms with E-state index in [1.165, 1.54) is 0 Å². The lowest BCUT2D eigenvalue weighted by molar-refractivity contribution is 0.0952. The molecule has 0 radical (unpaired) electrons. The van der Waals surface area contributed by atoms with Crippen LogP contribution in [0.1, 0.15) is 16.1 Å². The Hall–Kier alpha value is -3.54. The molecule has 0 aliphatic rings. The number of benzene rings is 1. The van der Waals surface area contributed by atoms with E-state index in [2.05, 4.69) is 20.4 Å². The van der Waals surface area contributed by atoms with E-state index in [4.69, 9.17) is 0 Å². The molecule has 0 fully saturated rings. The molecule has 1 N–H and O–H groups in total. The Morgan fingerprint density at radius 2 is 1.80 bits per heavy atom. The highest BCUT2D eigenvalue weighted by atomic mass is 16.1. The first kappa shape index (κ1) is 15.0. The van der Waals surface area contributed by atoms with Crippen LogP contribution >= 0.6 is 0 Å². The molecule has 4 rings (SSSR count). The minimum atomic E-state index is -0.224. The number of pyridine rings is 1. The maximum absolute atomic E-state index is 12.5. The van der Waals surface area contributed by atoms with Crippen LogP contribution in [0, 0.1) is 0 Å². The first-order valence-electron chi connectivity index (χ1n) is 7.89. The Morgan fingerprint density at radius 1 is 0.960 bits per heavy atom. The number of aromatic nitrogens is 4. The molecule has 3 aromatic heterocycles.